The van der Waals surface area contributed by atoms with Gasteiger partial charge >= 0.3 is 0 Å². The van der Waals surface area contributed by atoms with Crippen LogP contribution in [0.2, 0.25) is 0 Å². The number of benzene rings is 1. The van der Waals surface area contributed by atoms with E-state index < -0.39 is 0 Å². The number of nitrogens with one attached hydrogen (secondary N) is 2. The second-order valence-corrected chi connectivity index (χ2v) is 5.09. The first-order valence-electron chi connectivity index (χ1n) is 6.67. The molecule has 0 aliphatic carbocycles. The molecule has 1 heterocycles. The molecule has 0 aliphatic heterocycles. The van der Waals surface area contributed by atoms with Crippen molar-refractivity contribution in [1.82, 2.24) is 15.2 Å². The topological polar surface area (TPSA) is 31.1 Å². The minimum absolute atomic E-state index is 0.955. The van der Waals surface area contributed by atoms with Gasteiger partial charge in [0.05, 0.1) is 0 Å². The molecule has 0 amide bonds. The number of H-pyrrole nitrogens is 1. The number of fused-ring (bicyclic) bond motifs is 1. The van der Waals surface area contributed by atoms with E-state index in [0.717, 1.165) is 13.1 Å². The van der Waals surface area contributed by atoms with E-state index in [1.54, 1.807) is 0 Å². The molecule has 3 nitrogen and oxygen atoms in total. The van der Waals surface area contributed by atoms with Gasteiger partial charge in [-0.05, 0) is 63.1 Å². The van der Waals surface area contributed by atoms with E-state index in [1.807, 2.05) is 6.20 Å². The van der Waals surface area contributed by atoms with Crippen LogP contribution in [-0.2, 0) is 6.54 Å². The molecule has 18 heavy (non-hydrogen) atoms. The van der Waals surface area contributed by atoms with Gasteiger partial charge in [-0.2, -0.15) is 0 Å². The van der Waals surface area contributed by atoms with Gasteiger partial charge in [0.15, 0.2) is 0 Å². The van der Waals surface area contributed by atoms with Crippen LogP contribution in [0.25, 0.3) is 10.9 Å². The van der Waals surface area contributed by atoms with Crippen LogP contribution in [0.15, 0.2) is 30.5 Å². The predicted molar refractivity (Wildman–Crippen MR) is 77.8 cm³/mol. The van der Waals surface area contributed by atoms with Gasteiger partial charge in [-0.25, -0.2) is 0 Å². The van der Waals surface area contributed by atoms with Crippen molar-refractivity contribution in [1.29, 1.82) is 0 Å². The van der Waals surface area contributed by atoms with E-state index in [9.17, 15) is 0 Å². The minimum atomic E-state index is 0.955. The maximum absolute atomic E-state index is 3.50. The summed E-state index contributed by atoms with van der Waals surface area (Å²) in [6, 6.07) is 8.70. The van der Waals surface area contributed by atoms with Crippen molar-refractivity contribution in [2.45, 2.75) is 19.4 Å². The third-order valence-corrected chi connectivity index (χ3v) is 3.16. The van der Waals surface area contributed by atoms with Crippen molar-refractivity contribution in [2.75, 3.05) is 27.2 Å². The third-order valence-electron chi connectivity index (χ3n) is 3.16. The average Bonchev–Trinajstić information content (AvgIpc) is 2.80. The van der Waals surface area contributed by atoms with Crippen LogP contribution in [-0.4, -0.2) is 37.1 Å². The maximum atomic E-state index is 3.50. The molecule has 1 aromatic carbocycles. The first-order chi connectivity index (χ1) is 8.75. The number of unbranched alkanes of at least 4 members (excludes halogenated alkanes) is 1. The van der Waals surface area contributed by atoms with E-state index in [0.29, 0.717) is 0 Å². The van der Waals surface area contributed by atoms with Crippen LogP contribution in [0, 0.1) is 0 Å². The molecule has 1 aromatic heterocycles. The molecule has 0 saturated heterocycles. The predicted octanol–water partition coefficient (Wildman–Crippen LogP) is 2.60. The Morgan fingerprint density at radius 2 is 2.06 bits per heavy atom. The lowest BCUT2D eigenvalue weighted by molar-refractivity contribution is 0.391. The average molecular weight is 245 g/mol. The molecule has 3 heteroatoms. The van der Waals surface area contributed by atoms with Crippen molar-refractivity contribution in [3.8, 4) is 0 Å². The molecule has 0 radical (unpaired) electrons. The summed E-state index contributed by atoms with van der Waals surface area (Å²) in [7, 11) is 4.25. The van der Waals surface area contributed by atoms with Crippen LogP contribution in [0.4, 0.5) is 0 Å². The zero-order valence-electron chi connectivity index (χ0n) is 11.4. The zero-order valence-corrected chi connectivity index (χ0v) is 11.4. The Morgan fingerprint density at radius 1 is 1.17 bits per heavy atom. The fourth-order valence-electron chi connectivity index (χ4n) is 2.12. The monoisotopic (exact) mass is 245 g/mol. The third kappa shape index (κ3) is 3.86. The van der Waals surface area contributed by atoms with Crippen molar-refractivity contribution in [3.05, 3.63) is 36.0 Å². The molecule has 0 fully saturated rings. The summed E-state index contributed by atoms with van der Waals surface area (Å²) in [5.41, 5.74) is 2.57. The fourth-order valence-corrected chi connectivity index (χ4v) is 2.12. The van der Waals surface area contributed by atoms with Gasteiger partial charge in [-0.15, -0.1) is 0 Å². The summed E-state index contributed by atoms with van der Waals surface area (Å²) >= 11 is 0. The van der Waals surface area contributed by atoms with Crippen LogP contribution in [0.5, 0.6) is 0 Å². The number of hydrogen-bond acceptors (Lipinski definition) is 2. The zero-order chi connectivity index (χ0) is 12.8. The van der Waals surface area contributed by atoms with Gasteiger partial charge in [0.1, 0.15) is 0 Å². The Kier molecular flexibility index (Phi) is 4.79. The number of rotatable bonds is 7. The van der Waals surface area contributed by atoms with Crippen molar-refractivity contribution >= 4 is 10.9 Å². The first kappa shape index (κ1) is 13.1. The lowest BCUT2D eigenvalue weighted by Gasteiger charge is -2.09. The molecule has 2 rings (SSSR count). The molecule has 0 bridgehead atoms. The Morgan fingerprint density at radius 3 is 2.89 bits per heavy atom. The van der Waals surface area contributed by atoms with Gasteiger partial charge in [0.2, 0.25) is 0 Å². The molecule has 0 aliphatic rings. The first-order valence-corrected chi connectivity index (χ1v) is 6.67. The maximum Gasteiger partial charge on any atom is 0.0457 e. The summed E-state index contributed by atoms with van der Waals surface area (Å²) in [4.78, 5) is 5.49. The highest BCUT2D eigenvalue weighted by molar-refractivity contribution is 5.79. The second-order valence-electron chi connectivity index (χ2n) is 5.09. The van der Waals surface area contributed by atoms with Gasteiger partial charge < -0.3 is 15.2 Å². The molecule has 2 N–H and O–H groups in total. The van der Waals surface area contributed by atoms with Crippen molar-refractivity contribution in [3.63, 3.8) is 0 Å². The normalized spacial score (nSPS) is 11.5. The number of hydrogen-bond donors (Lipinski definition) is 2. The minimum Gasteiger partial charge on any atom is -0.361 e. The lowest BCUT2D eigenvalue weighted by atomic mass is 10.1. The van der Waals surface area contributed by atoms with E-state index >= 15 is 0 Å². The highest BCUT2D eigenvalue weighted by Gasteiger charge is 1.97. The van der Waals surface area contributed by atoms with Crippen molar-refractivity contribution in [2.24, 2.45) is 0 Å². The van der Waals surface area contributed by atoms with Gasteiger partial charge in [-0.3, -0.25) is 0 Å². The van der Waals surface area contributed by atoms with Crippen LogP contribution in [0.3, 0.4) is 0 Å². The Balaban J connectivity index is 1.70. The van der Waals surface area contributed by atoms with Crippen LogP contribution >= 0.6 is 0 Å². The molecule has 0 atom stereocenters. The number of aromatic nitrogens is 1. The Hall–Kier alpha value is -1.32. The SMILES string of the molecule is CN(C)CCCCNCc1ccc2cc[nH]c2c1. The summed E-state index contributed by atoms with van der Waals surface area (Å²) in [5, 5.41) is 4.78. The summed E-state index contributed by atoms with van der Waals surface area (Å²) in [6.07, 6.45) is 4.49. The standard InChI is InChI=1S/C15H23N3/c1-18(2)10-4-3-8-16-12-13-5-6-14-7-9-17-15(14)11-13/h5-7,9,11,16-17H,3-4,8,10,12H2,1-2H3. The lowest BCUT2D eigenvalue weighted by Crippen LogP contribution is -2.18. The summed E-state index contributed by atoms with van der Waals surface area (Å²) < 4.78 is 0. The van der Waals surface area contributed by atoms with E-state index in [-0.39, 0.29) is 0 Å². The van der Waals surface area contributed by atoms with Gasteiger partial charge in [0.25, 0.3) is 0 Å². The van der Waals surface area contributed by atoms with Crippen LogP contribution in [0.1, 0.15) is 18.4 Å². The summed E-state index contributed by atoms with van der Waals surface area (Å²) in [5.74, 6) is 0. The molecule has 0 spiro atoms. The number of aromatic amines is 1. The molecule has 0 unspecified atom stereocenters. The van der Waals surface area contributed by atoms with E-state index in [1.165, 1.54) is 35.9 Å². The fraction of sp³-hybridized carbons (Fsp3) is 0.467. The quantitative estimate of drug-likeness (QED) is 0.735. The van der Waals surface area contributed by atoms with Crippen molar-refractivity contribution < 1.29 is 0 Å². The smallest absolute Gasteiger partial charge is 0.0457 e. The molecule has 0 saturated carbocycles. The molecule has 2 aromatic rings. The Labute approximate surface area is 109 Å². The highest BCUT2D eigenvalue weighted by atomic mass is 15.0. The molecular formula is C15H23N3. The van der Waals surface area contributed by atoms with Gasteiger partial charge in [0, 0.05) is 18.3 Å². The largest absolute Gasteiger partial charge is 0.361 e. The van der Waals surface area contributed by atoms with E-state index in [4.69, 9.17) is 0 Å². The summed E-state index contributed by atoms with van der Waals surface area (Å²) in [6.45, 7) is 3.23. The van der Waals surface area contributed by atoms with Crippen LogP contribution < -0.4 is 5.32 Å². The highest BCUT2D eigenvalue weighted by Crippen LogP contribution is 2.13. The Bertz CT molecular complexity index is 473. The van der Waals surface area contributed by atoms with Gasteiger partial charge in [-0.1, -0.05) is 12.1 Å². The van der Waals surface area contributed by atoms with E-state index in [2.05, 4.69) is 53.6 Å². The molecular weight excluding hydrogens is 222 g/mol. The molecule has 98 valence electrons. The number of nitrogens with zero attached hydrogens (tertiary/aromatic N) is 1. The second kappa shape index (κ2) is 6.57.